The van der Waals surface area contributed by atoms with Gasteiger partial charge in [-0.3, -0.25) is 14.4 Å². The molecule has 0 aromatic heterocycles. The van der Waals surface area contributed by atoms with Gasteiger partial charge in [-0.25, -0.2) is 0 Å². The summed E-state index contributed by atoms with van der Waals surface area (Å²) >= 11 is 0. The van der Waals surface area contributed by atoms with E-state index in [0.717, 1.165) is 64.6 Å². The summed E-state index contributed by atoms with van der Waals surface area (Å²) in [7, 11) is 0. The largest absolute Gasteiger partial charge is 0.481 e. The fourth-order valence-corrected chi connectivity index (χ4v) is 2.97. The van der Waals surface area contributed by atoms with Crippen LogP contribution in [0.3, 0.4) is 0 Å². The van der Waals surface area contributed by atoms with Crippen molar-refractivity contribution in [1.29, 1.82) is 0 Å². The van der Waals surface area contributed by atoms with E-state index < -0.39 is 5.97 Å². The number of nitrogens with one attached hydrogen (secondary N) is 1. The maximum Gasteiger partial charge on any atom is 0.303 e. The van der Waals surface area contributed by atoms with E-state index in [4.69, 9.17) is 10.8 Å². The number of unbranched alkanes of at least 4 members (excludes halogenated alkanes) is 4. The Morgan fingerprint density at radius 3 is 2.25 bits per heavy atom. The van der Waals surface area contributed by atoms with Crippen molar-refractivity contribution in [2.75, 3.05) is 19.6 Å². The lowest BCUT2D eigenvalue weighted by atomic mass is 10.1. The second-order valence-electron chi connectivity index (χ2n) is 6.46. The molecule has 1 saturated heterocycles. The molecule has 0 aliphatic carbocycles. The van der Waals surface area contributed by atoms with Crippen LogP contribution in [0, 0.1) is 0 Å². The first kappa shape index (κ1) is 20.4. The van der Waals surface area contributed by atoms with Crippen LogP contribution in [-0.4, -0.2) is 53.5 Å². The zero-order valence-corrected chi connectivity index (χ0v) is 14.5. The van der Waals surface area contributed by atoms with E-state index in [1.807, 2.05) is 4.90 Å². The minimum atomic E-state index is -0.741. The number of nitrogens with zero attached hydrogens (tertiary/aromatic N) is 1. The number of primary amides is 1. The highest BCUT2D eigenvalue weighted by Gasteiger charge is 2.26. The first-order valence-electron chi connectivity index (χ1n) is 9.03. The van der Waals surface area contributed by atoms with E-state index >= 15 is 0 Å². The van der Waals surface area contributed by atoms with Crippen LogP contribution in [0.4, 0.5) is 0 Å². The Kier molecular flexibility index (Phi) is 10.1. The SMILES string of the molecule is NC(=O)CC[C@H](NCCCCCCCC(=O)O)C(=O)N1CCCC1. The lowest BCUT2D eigenvalue weighted by molar-refractivity contribution is -0.137. The van der Waals surface area contributed by atoms with E-state index in [-0.39, 0.29) is 30.7 Å². The molecule has 7 heteroatoms. The molecule has 1 aliphatic rings. The first-order chi connectivity index (χ1) is 11.5. The Bertz CT molecular complexity index is 409. The second kappa shape index (κ2) is 11.8. The minimum Gasteiger partial charge on any atom is -0.481 e. The quantitative estimate of drug-likeness (QED) is 0.437. The number of carbonyl (C=O) groups is 3. The van der Waals surface area contributed by atoms with E-state index in [2.05, 4.69) is 5.32 Å². The smallest absolute Gasteiger partial charge is 0.303 e. The van der Waals surface area contributed by atoms with Crippen LogP contribution in [0.2, 0.25) is 0 Å². The van der Waals surface area contributed by atoms with Gasteiger partial charge in [-0.1, -0.05) is 19.3 Å². The topological polar surface area (TPSA) is 113 Å². The summed E-state index contributed by atoms with van der Waals surface area (Å²) in [6.07, 6.45) is 7.58. The van der Waals surface area contributed by atoms with Crippen LogP contribution in [0.25, 0.3) is 0 Å². The Labute approximate surface area is 144 Å². The fourth-order valence-electron chi connectivity index (χ4n) is 2.97. The molecule has 1 atom stereocenters. The molecule has 24 heavy (non-hydrogen) atoms. The molecule has 138 valence electrons. The van der Waals surface area contributed by atoms with E-state index in [9.17, 15) is 14.4 Å². The number of rotatable bonds is 13. The number of carboxylic acid groups (broad SMARTS) is 1. The summed E-state index contributed by atoms with van der Waals surface area (Å²) in [4.78, 5) is 35.8. The monoisotopic (exact) mass is 341 g/mol. The van der Waals surface area contributed by atoms with Gasteiger partial charge in [0.1, 0.15) is 0 Å². The van der Waals surface area contributed by atoms with Crippen molar-refractivity contribution in [2.24, 2.45) is 5.73 Å². The molecule has 0 aromatic carbocycles. The molecule has 0 radical (unpaired) electrons. The molecule has 1 heterocycles. The summed E-state index contributed by atoms with van der Waals surface area (Å²) < 4.78 is 0. The highest BCUT2D eigenvalue weighted by atomic mass is 16.4. The molecular weight excluding hydrogens is 310 g/mol. The molecular formula is C17H31N3O4. The number of aliphatic carboxylic acids is 1. The number of amides is 2. The van der Waals surface area contributed by atoms with Crippen molar-refractivity contribution < 1.29 is 19.5 Å². The molecule has 4 N–H and O–H groups in total. The first-order valence-corrected chi connectivity index (χ1v) is 9.03. The number of nitrogens with two attached hydrogens (primary N) is 1. The predicted octanol–water partition coefficient (Wildman–Crippen LogP) is 1.26. The Morgan fingerprint density at radius 2 is 1.62 bits per heavy atom. The fraction of sp³-hybridized carbons (Fsp3) is 0.824. The van der Waals surface area contributed by atoms with Crippen LogP contribution in [0.15, 0.2) is 0 Å². The van der Waals surface area contributed by atoms with Gasteiger partial charge in [-0.2, -0.15) is 0 Å². The van der Waals surface area contributed by atoms with Crippen molar-refractivity contribution in [3.05, 3.63) is 0 Å². The van der Waals surface area contributed by atoms with Crippen molar-refractivity contribution in [1.82, 2.24) is 10.2 Å². The highest BCUT2D eigenvalue weighted by molar-refractivity contribution is 5.83. The van der Waals surface area contributed by atoms with Gasteiger partial charge in [-0.05, 0) is 38.6 Å². The minimum absolute atomic E-state index is 0.0789. The lowest BCUT2D eigenvalue weighted by Gasteiger charge is -2.24. The van der Waals surface area contributed by atoms with Crippen molar-refractivity contribution in [3.8, 4) is 0 Å². The molecule has 1 fully saturated rings. The Balaban J connectivity index is 2.22. The van der Waals surface area contributed by atoms with Gasteiger partial charge in [0, 0.05) is 25.9 Å². The molecule has 0 spiro atoms. The molecule has 1 rings (SSSR count). The average molecular weight is 341 g/mol. The summed E-state index contributed by atoms with van der Waals surface area (Å²) in [6.45, 7) is 2.33. The molecule has 0 aromatic rings. The third-order valence-corrected chi connectivity index (χ3v) is 4.35. The lowest BCUT2D eigenvalue weighted by Crippen LogP contribution is -2.46. The van der Waals surface area contributed by atoms with Crippen molar-refractivity contribution in [2.45, 2.75) is 70.3 Å². The number of carbonyl (C=O) groups excluding carboxylic acids is 2. The predicted molar refractivity (Wildman–Crippen MR) is 91.4 cm³/mol. The van der Waals surface area contributed by atoms with Crippen LogP contribution < -0.4 is 11.1 Å². The van der Waals surface area contributed by atoms with Crippen LogP contribution in [0.5, 0.6) is 0 Å². The van der Waals surface area contributed by atoms with Gasteiger partial charge in [0.2, 0.25) is 11.8 Å². The van der Waals surface area contributed by atoms with Crippen molar-refractivity contribution >= 4 is 17.8 Å². The molecule has 1 aliphatic heterocycles. The molecule has 7 nitrogen and oxygen atoms in total. The van der Waals surface area contributed by atoms with Gasteiger partial charge >= 0.3 is 5.97 Å². The van der Waals surface area contributed by atoms with Crippen molar-refractivity contribution in [3.63, 3.8) is 0 Å². The Hall–Kier alpha value is -1.63. The number of carboxylic acids is 1. The average Bonchev–Trinajstić information content (AvgIpc) is 3.06. The van der Waals surface area contributed by atoms with Gasteiger partial charge in [0.05, 0.1) is 6.04 Å². The number of hydrogen-bond acceptors (Lipinski definition) is 4. The summed E-state index contributed by atoms with van der Waals surface area (Å²) in [6, 6.07) is -0.331. The normalized spacial score (nSPS) is 15.4. The van der Waals surface area contributed by atoms with Gasteiger partial charge < -0.3 is 21.1 Å². The standard InChI is InChI=1S/C17H31N3O4/c18-15(21)10-9-14(17(24)20-12-6-7-13-20)19-11-5-3-1-2-4-8-16(22)23/h14,19H,1-13H2,(H2,18,21)(H,22,23)/t14-/m0/s1. The van der Waals surface area contributed by atoms with Gasteiger partial charge in [0.25, 0.3) is 0 Å². The van der Waals surface area contributed by atoms with Gasteiger partial charge in [-0.15, -0.1) is 0 Å². The second-order valence-corrected chi connectivity index (χ2v) is 6.46. The van der Waals surface area contributed by atoms with Crippen LogP contribution >= 0.6 is 0 Å². The molecule has 0 bridgehead atoms. The van der Waals surface area contributed by atoms with Crippen LogP contribution in [0.1, 0.15) is 64.2 Å². The molecule has 0 unspecified atom stereocenters. The van der Waals surface area contributed by atoms with E-state index in [1.165, 1.54) is 0 Å². The zero-order valence-electron chi connectivity index (χ0n) is 14.5. The molecule has 0 saturated carbocycles. The Morgan fingerprint density at radius 1 is 1.00 bits per heavy atom. The molecule has 2 amide bonds. The summed E-state index contributed by atoms with van der Waals surface area (Å²) in [5, 5.41) is 11.8. The number of likely N-dealkylation sites (tertiary alicyclic amines) is 1. The zero-order chi connectivity index (χ0) is 17.8. The maximum atomic E-state index is 12.5. The van der Waals surface area contributed by atoms with E-state index in [1.54, 1.807) is 0 Å². The summed E-state index contributed by atoms with van der Waals surface area (Å²) in [5.41, 5.74) is 5.21. The highest BCUT2D eigenvalue weighted by Crippen LogP contribution is 2.12. The third-order valence-electron chi connectivity index (χ3n) is 4.35. The third kappa shape index (κ3) is 8.86. The van der Waals surface area contributed by atoms with Gasteiger partial charge in [0.15, 0.2) is 0 Å². The maximum absolute atomic E-state index is 12.5. The van der Waals surface area contributed by atoms with Crippen LogP contribution in [-0.2, 0) is 14.4 Å². The van der Waals surface area contributed by atoms with E-state index in [0.29, 0.717) is 6.42 Å². The summed E-state index contributed by atoms with van der Waals surface area (Å²) in [5.74, 6) is -1.04. The number of hydrogen-bond donors (Lipinski definition) is 3.